The highest BCUT2D eigenvalue weighted by molar-refractivity contribution is 7.79. The summed E-state index contributed by atoms with van der Waals surface area (Å²) in [5, 5.41) is 1.19. The molecule has 2 aromatic rings. The Morgan fingerprint density at radius 1 is 1.43 bits per heavy atom. The molecule has 4 nitrogen and oxygen atoms in total. The number of aromatic amines is 1. The van der Waals surface area contributed by atoms with E-state index in [1.165, 1.54) is 0 Å². The third-order valence-electron chi connectivity index (χ3n) is 1.99. The summed E-state index contributed by atoms with van der Waals surface area (Å²) >= 11 is -1.97. The molecule has 2 N–H and O–H groups in total. The highest BCUT2D eigenvalue weighted by Crippen LogP contribution is 2.22. The van der Waals surface area contributed by atoms with Gasteiger partial charge in [-0.1, -0.05) is 0 Å². The van der Waals surface area contributed by atoms with Crippen molar-refractivity contribution in [2.45, 2.75) is 5.03 Å². The van der Waals surface area contributed by atoms with Gasteiger partial charge in [0.05, 0.1) is 12.6 Å². The van der Waals surface area contributed by atoms with Crippen LogP contribution < -0.4 is 4.74 Å². The number of hydrogen-bond donors (Lipinski definition) is 2. The van der Waals surface area contributed by atoms with Crippen molar-refractivity contribution in [3.05, 3.63) is 24.3 Å². The Labute approximate surface area is 83.2 Å². The van der Waals surface area contributed by atoms with Crippen LogP contribution in [0.2, 0.25) is 0 Å². The number of ether oxygens (including phenoxy) is 1. The molecule has 0 saturated heterocycles. The van der Waals surface area contributed by atoms with Gasteiger partial charge < -0.3 is 14.3 Å². The molecule has 1 atom stereocenters. The molecule has 1 heterocycles. The van der Waals surface area contributed by atoms with Gasteiger partial charge in [0.25, 0.3) is 0 Å². The maximum Gasteiger partial charge on any atom is 0.203 e. The topological polar surface area (TPSA) is 62.3 Å². The lowest BCUT2D eigenvalue weighted by molar-refractivity contribution is 0.415. The molecule has 2 rings (SSSR count). The molecule has 0 radical (unpaired) electrons. The largest absolute Gasteiger partial charge is 0.497 e. The number of nitrogens with one attached hydrogen (secondary N) is 1. The van der Waals surface area contributed by atoms with Crippen molar-refractivity contribution in [3.63, 3.8) is 0 Å². The molecule has 0 aliphatic rings. The van der Waals surface area contributed by atoms with Crippen LogP contribution in [0.4, 0.5) is 0 Å². The van der Waals surface area contributed by atoms with E-state index in [0.717, 1.165) is 16.7 Å². The van der Waals surface area contributed by atoms with Crippen molar-refractivity contribution in [1.29, 1.82) is 0 Å². The van der Waals surface area contributed by atoms with E-state index in [-0.39, 0.29) is 0 Å². The highest BCUT2D eigenvalue weighted by atomic mass is 32.2. The van der Waals surface area contributed by atoms with Crippen LogP contribution in [0.25, 0.3) is 10.9 Å². The van der Waals surface area contributed by atoms with Gasteiger partial charge in [-0.25, -0.2) is 4.21 Å². The van der Waals surface area contributed by atoms with Crippen LogP contribution in [0.3, 0.4) is 0 Å². The fourth-order valence-electron chi connectivity index (χ4n) is 1.30. The van der Waals surface area contributed by atoms with Gasteiger partial charge in [0.1, 0.15) is 10.8 Å². The van der Waals surface area contributed by atoms with Gasteiger partial charge in [0.15, 0.2) is 0 Å². The van der Waals surface area contributed by atoms with Crippen LogP contribution in [0.1, 0.15) is 0 Å². The molecule has 74 valence electrons. The Balaban J connectivity index is 2.60. The van der Waals surface area contributed by atoms with Crippen LogP contribution in [-0.4, -0.2) is 20.9 Å². The molecule has 0 spiro atoms. The first-order valence-electron chi connectivity index (χ1n) is 3.98. The minimum atomic E-state index is -1.97. The van der Waals surface area contributed by atoms with E-state index < -0.39 is 11.1 Å². The Morgan fingerprint density at radius 3 is 2.86 bits per heavy atom. The first-order valence-corrected chi connectivity index (χ1v) is 5.09. The fourth-order valence-corrected chi connectivity index (χ4v) is 1.73. The van der Waals surface area contributed by atoms with Gasteiger partial charge in [-0.3, -0.25) is 0 Å². The number of rotatable bonds is 2. The van der Waals surface area contributed by atoms with Gasteiger partial charge in [0.2, 0.25) is 11.1 Å². The summed E-state index contributed by atoms with van der Waals surface area (Å²) in [4.78, 5) is 2.84. The van der Waals surface area contributed by atoms with Crippen LogP contribution >= 0.6 is 0 Å². The maximum atomic E-state index is 10.8. The van der Waals surface area contributed by atoms with Crippen LogP contribution in [-0.2, 0) is 11.1 Å². The van der Waals surface area contributed by atoms with Crippen molar-refractivity contribution in [2.75, 3.05) is 7.11 Å². The third-order valence-corrected chi connectivity index (χ3v) is 2.59. The van der Waals surface area contributed by atoms with Crippen LogP contribution in [0.5, 0.6) is 5.75 Å². The van der Waals surface area contributed by atoms with E-state index in [0.29, 0.717) is 5.03 Å². The summed E-state index contributed by atoms with van der Waals surface area (Å²) < 4.78 is 24.7. The summed E-state index contributed by atoms with van der Waals surface area (Å²) in [5.41, 5.74) is 0.793. The van der Waals surface area contributed by atoms with Crippen LogP contribution in [0.15, 0.2) is 29.3 Å². The highest BCUT2D eigenvalue weighted by Gasteiger charge is 2.05. The zero-order valence-corrected chi connectivity index (χ0v) is 8.30. The van der Waals surface area contributed by atoms with Crippen molar-refractivity contribution in [1.82, 2.24) is 4.98 Å². The number of hydrogen-bond acceptors (Lipinski definition) is 2. The number of fused-ring (bicyclic) bond motifs is 1. The quantitative estimate of drug-likeness (QED) is 0.744. The fraction of sp³-hybridized carbons (Fsp3) is 0.111. The molecule has 14 heavy (non-hydrogen) atoms. The lowest BCUT2D eigenvalue weighted by Crippen LogP contribution is -1.86. The molecule has 0 aliphatic carbocycles. The van der Waals surface area contributed by atoms with E-state index in [9.17, 15) is 4.21 Å². The normalized spacial score (nSPS) is 13.0. The number of benzene rings is 1. The minimum Gasteiger partial charge on any atom is -0.497 e. The summed E-state index contributed by atoms with van der Waals surface area (Å²) in [5.74, 6) is 0.717. The van der Waals surface area contributed by atoms with Crippen molar-refractivity contribution in [2.24, 2.45) is 0 Å². The summed E-state index contributed by atoms with van der Waals surface area (Å²) in [6.45, 7) is 0. The van der Waals surface area contributed by atoms with E-state index >= 15 is 0 Å². The molecule has 0 fully saturated rings. The number of aromatic nitrogens is 1. The van der Waals surface area contributed by atoms with Gasteiger partial charge in [-0.15, -0.1) is 0 Å². The number of H-pyrrole nitrogens is 1. The van der Waals surface area contributed by atoms with E-state index in [2.05, 4.69) is 4.98 Å². The molecule has 0 aliphatic heterocycles. The SMILES string of the molecule is COc1ccc2cc(S(=O)O)[nH]c2c1. The van der Waals surface area contributed by atoms with Gasteiger partial charge in [0, 0.05) is 11.5 Å². The van der Waals surface area contributed by atoms with Gasteiger partial charge >= 0.3 is 0 Å². The molecule has 1 aromatic carbocycles. The molecule has 0 bridgehead atoms. The van der Waals surface area contributed by atoms with Crippen molar-refractivity contribution < 1.29 is 13.5 Å². The van der Waals surface area contributed by atoms with Crippen LogP contribution in [0, 0.1) is 0 Å². The summed E-state index contributed by atoms with van der Waals surface area (Å²) in [7, 11) is 1.58. The maximum absolute atomic E-state index is 10.8. The monoisotopic (exact) mass is 211 g/mol. The van der Waals surface area contributed by atoms with E-state index in [1.54, 1.807) is 25.3 Å². The second-order valence-electron chi connectivity index (χ2n) is 2.84. The third kappa shape index (κ3) is 1.51. The van der Waals surface area contributed by atoms with E-state index in [4.69, 9.17) is 9.29 Å². The van der Waals surface area contributed by atoms with Crippen molar-refractivity contribution in [3.8, 4) is 5.75 Å². The first-order chi connectivity index (χ1) is 6.70. The first kappa shape index (κ1) is 9.23. The Hall–Kier alpha value is -1.33. The summed E-state index contributed by atoms with van der Waals surface area (Å²) in [6.07, 6.45) is 0. The van der Waals surface area contributed by atoms with Gasteiger partial charge in [-0.2, -0.15) is 0 Å². The summed E-state index contributed by atoms with van der Waals surface area (Å²) in [6, 6.07) is 7.07. The number of methoxy groups -OCH3 is 1. The average molecular weight is 211 g/mol. The average Bonchev–Trinajstić information content (AvgIpc) is 2.59. The molecule has 0 saturated carbocycles. The van der Waals surface area contributed by atoms with Crippen molar-refractivity contribution >= 4 is 22.0 Å². The smallest absolute Gasteiger partial charge is 0.203 e. The zero-order valence-electron chi connectivity index (χ0n) is 7.48. The molecular formula is C9H9NO3S. The lowest BCUT2D eigenvalue weighted by atomic mass is 10.2. The molecule has 5 heteroatoms. The minimum absolute atomic E-state index is 0.299. The molecule has 0 amide bonds. The van der Waals surface area contributed by atoms with E-state index in [1.807, 2.05) is 6.07 Å². The Morgan fingerprint density at radius 2 is 2.21 bits per heavy atom. The second kappa shape index (κ2) is 3.43. The zero-order chi connectivity index (χ0) is 10.1. The Bertz CT molecular complexity index is 492. The molecule has 1 unspecified atom stereocenters. The second-order valence-corrected chi connectivity index (χ2v) is 3.77. The molecule has 1 aromatic heterocycles. The Kier molecular flexibility index (Phi) is 2.26. The predicted octanol–water partition coefficient (Wildman–Crippen LogP) is 1.76. The standard InChI is InChI=1S/C9H9NO3S/c1-13-7-3-2-6-4-9(14(11)12)10-8(6)5-7/h2-5,10H,1H3,(H,11,12). The lowest BCUT2D eigenvalue weighted by Gasteiger charge is -1.97. The molecular weight excluding hydrogens is 202 g/mol. The predicted molar refractivity (Wildman–Crippen MR) is 53.9 cm³/mol. The van der Waals surface area contributed by atoms with Gasteiger partial charge in [-0.05, 0) is 18.2 Å².